The minimum absolute atomic E-state index is 0.0363. The Hall–Kier alpha value is -2.58. The molecule has 1 amide bonds. The van der Waals surface area contributed by atoms with Crippen LogP contribution in [0.3, 0.4) is 0 Å². The number of aromatic nitrogens is 1. The van der Waals surface area contributed by atoms with Crippen molar-refractivity contribution in [3.8, 4) is 0 Å². The molecule has 3 rings (SSSR count). The largest absolute Gasteiger partial charge is 0.480 e. The summed E-state index contributed by atoms with van der Waals surface area (Å²) >= 11 is 6.56. The minimum Gasteiger partial charge on any atom is -0.480 e. The number of fused-ring (bicyclic) bond motifs is 1. The van der Waals surface area contributed by atoms with Crippen LogP contribution >= 0.6 is 22.9 Å². The first kappa shape index (κ1) is 19.2. The summed E-state index contributed by atoms with van der Waals surface area (Å²) in [6.07, 6.45) is 0.210. The van der Waals surface area contributed by atoms with Gasteiger partial charge in [0.05, 0.1) is 15.2 Å². The van der Waals surface area contributed by atoms with Gasteiger partial charge in [-0.1, -0.05) is 35.9 Å². The molecular weight excluding hydrogens is 398 g/mol. The van der Waals surface area contributed by atoms with Gasteiger partial charge in [0.25, 0.3) is 5.91 Å². The van der Waals surface area contributed by atoms with Gasteiger partial charge in [-0.15, -0.1) is 0 Å². The molecule has 0 aliphatic rings. The van der Waals surface area contributed by atoms with Gasteiger partial charge < -0.3 is 9.67 Å². The van der Waals surface area contributed by atoms with E-state index in [-0.39, 0.29) is 26.5 Å². The highest BCUT2D eigenvalue weighted by Crippen LogP contribution is 2.25. The van der Waals surface area contributed by atoms with Crippen molar-refractivity contribution in [2.45, 2.75) is 19.4 Å². The van der Waals surface area contributed by atoms with E-state index in [1.165, 1.54) is 22.8 Å². The Kier molecular flexibility index (Phi) is 5.38. The maximum Gasteiger partial charge on any atom is 0.326 e. The second-order valence-corrected chi connectivity index (χ2v) is 7.04. The number of halogens is 3. The van der Waals surface area contributed by atoms with E-state index in [1.54, 1.807) is 13.0 Å². The Labute approximate surface area is 161 Å². The first-order valence-electron chi connectivity index (χ1n) is 7.90. The summed E-state index contributed by atoms with van der Waals surface area (Å²) in [5, 5.41) is 9.29. The first-order chi connectivity index (χ1) is 12.8. The van der Waals surface area contributed by atoms with Crippen LogP contribution in [0.2, 0.25) is 5.02 Å². The summed E-state index contributed by atoms with van der Waals surface area (Å²) in [5.41, 5.74) is 0.368. The average Bonchev–Trinajstić information content (AvgIpc) is 2.97. The van der Waals surface area contributed by atoms with Gasteiger partial charge >= 0.3 is 5.97 Å². The summed E-state index contributed by atoms with van der Waals surface area (Å²) < 4.78 is 29.0. The molecule has 140 valence electrons. The van der Waals surface area contributed by atoms with E-state index in [1.807, 2.05) is 0 Å². The van der Waals surface area contributed by atoms with Crippen LogP contribution in [0.5, 0.6) is 0 Å². The van der Waals surface area contributed by atoms with E-state index >= 15 is 0 Å². The number of carboxylic acid groups (broad SMARTS) is 1. The number of carbonyl (C=O) groups is 2. The standard InChI is InChI=1S/C18H13ClF2N2O3S/c1-2-13(17(25)26)23-14-5-3-4-12(21)15(14)27-18(23)22-16(24)9-6-7-11(20)10(19)8-9/h3-8,13H,2H2,1H3,(H,25,26)/b22-18-. The zero-order chi connectivity index (χ0) is 19.7. The third-order valence-corrected chi connectivity index (χ3v) is 5.32. The molecule has 0 spiro atoms. The molecule has 3 aromatic rings. The molecule has 0 saturated heterocycles. The van der Waals surface area contributed by atoms with Gasteiger partial charge in [0.1, 0.15) is 17.7 Å². The SMILES string of the molecule is CCC(C(=O)O)n1/c(=N/C(=O)c2ccc(F)c(Cl)c2)sc2c(F)cccc21. The third-order valence-electron chi connectivity index (χ3n) is 3.95. The zero-order valence-corrected chi connectivity index (χ0v) is 15.5. The van der Waals surface area contributed by atoms with E-state index in [0.717, 1.165) is 23.5 Å². The van der Waals surface area contributed by atoms with Gasteiger partial charge in [-0.05, 0) is 36.8 Å². The van der Waals surface area contributed by atoms with Crippen LogP contribution in [0.15, 0.2) is 41.4 Å². The number of hydrogen-bond acceptors (Lipinski definition) is 3. The van der Waals surface area contributed by atoms with E-state index in [4.69, 9.17) is 11.6 Å². The minimum atomic E-state index is -1.12. The monoisotopic (exact) mass is 410 g/mol. The number of rotatable bonds is 4. The molecule has 27 heavy (non-hydrogen) atoms. The Morgan fingerprint density at radius 1 is 1.26 bits per heavy atom. The van der Waals surface area contributed by atoms with Gasteiger partial charge in [0.15, 0.2) is 4.80 Å². The molecule has 0 bridgehead atoms. The highest BCUT2D eigenvalue weighted by Gasteiger charge is 2.23. The summed E-state index contributed by atoms with van der Waals surface area (Å²) in [6.45, 7) is 1.67. The summed E-state index contributed by atoms with van der Waals surface area (Å²) in [7, 11) is 0. The fourth-order valence-corrected chi connectivity index (χ4v) is 3.91. The fraction of sp³-hybridized carbons (Fsp3) is 0.167. The summed E-state index contributed by atoms with van der Waals surface area (Å²) in [6, 6.07) is 6.64. The molecule has 0 saturated carbocycles. The Balaban J connectivity index is 2.24. The number of thiazole rings is 1. The van der Waals surface area contributed by atoms with Crippen molar-refractivity contribution < 1.29 is 23.5 Å². The first-order valence-corrected chi connectivity index (χ1v) is 9.09. The molecule has 1 aromatic heterocycles. The molecule has 5 nitrogen and oxygen atoms in total. The van der Waals surface area contributed by atoms with Crippen molar-refractivity contribution in [2.75, 3.05) is 0 Å². The quantitative estimate of drug-likeness (QED) is 0.692. The number of carboxylic acids is 1. The highest BCUT2D eigenvalue weighted by molar-refractivity contribution is 7.16. The smallest absolute Gasteiger partial charge is 0.326 e. The summed E-state index contributed by atoms with van der Waals surface area (Å²) in [5.74, 6) is -3.08. The lowest BCUT2D eigenvalue weighted by Crippen LogP contribution is -2.27. The van der Waals surface area contributed by atoms with Crippen molar-refractivity contribution in [1.29, 1.82) is 0 Å². The van der Waals surface area contributed by atoms with Crippen molar-refractivity contribution in [3.63, 3.8) is 0 Å². The maximum atomic E-state index is 14.2. The normalized spacial score (nSPS) is 13.1. The number of benzene rings is 2. The summed E-state index contributed by atoms with van der Waals surface area (Å²) in [4.78, 5) is 28.1. The van der Waals surface area contributed by atoms with Crippen molar-refractivity contribution in [1.82, 2.24) is 4.57 Å². The predicted molar refractivity (Wildman–Crippen MR) is 98.0 cm³/mol. The van der Waals surface area contributed by atoms with E-state index in [0.29, 0.717) is 5.52 Å². The van der Waals surface area contributed by atoms with E-state index in [9.17, 15) is 23.5 Å². The average molecular weight is 411 g/mol. The number of nitrogens with zero attached hydrogens (tertiary/aromatic N) is 2. The van der Waals surface area contributed by atoms with Crippen LogP contribution < -0.4 is 4.80 Å². The predicted octanol–water partition coefficient (Wildman–Crippen LogP) is 4.41. The van der Waals surface area contributed by atoms with Gasteiger partial charge in [-0.3, -0.25) is 4.79 Å². The molecule has 1 unspecified atom stereocenters. The highest BCUT2D eigenvalue weighted by atomic mass is 35.5. The third kappa shape index (κ3) is 3.63. The van der Waals surface area contributed by atoms with Crippen LogP contribution in [-0.4, -0.2) is 21.6 Å². The number of hydrogen-bond donors (Lipinski definition) is 1. The molecule has 0 aliphatic heterocycles. The van der Waals surface area contributed by atoms with Crippen molar-refractivity contribution in [2.24, 2.45) is 4.99 Å². The Morgan fingerprint density at radius 2 is 2.00 bits per heavy atom. The molecule has 0 radical (unpaired) electrons. The molecule has 1 N–H and O–H groups in total. The molecule has 9 heteroatoms. The molecular formula is C18H13ClF2N2O3S. The lowest BCUT2D eigenvalue weighted by Gasteiger charge is -2.13. The van der Waals surface area contributed by atoms with E-state index in [2.05, 4.69) is 4.99 Å². The Bertz CT molecular complexity index is 1120. The fourth-order valence-electron chi connectivity index (χ4n) is 2.66. The molecule has 1 atom stereocenters. The lowest BCUT2D eigenvalue weighted by molar-refractivity contribution is -0.140. The van der Waals surface area contributed by atoms with Gasteiger partial charge in [-0.2, -0.15) is 4.99 Å². The maximum absolute atomic E-state index is 14.2. The molecule has 0 aliphatic carbocycles. The van der Waals surface area contributed by atoms with Crippen LogP contribution in [0, 0.1) is 11.6 Å². The number of carbonyl (C=O) groups excluding carboxylic acids is 1. The van der Waals surface area contributed by atoms with Crippen LogP contribution in [0.25, 0.3) is 10.2 Å². The van der Waals surface area contributed by atoms with Gasteiger partial charge in [0.2, 0.25) is 0 Å². The van der Waals surface area contributed by atoms with Crippen molar-refractivity contribution >= 4 is 45.0 Å². The number of amides is 1. The number of aliphatic carboxylic acids is 1. The molecule has 0 fully saturated rings. The van der Waals surface area contributed by atoms with E-state index < -0.39 is 29.6 Å². The van der Waals surface area contributed by atoms with Crippen LogP contribution in [-0.2, 0) is 4.79 Å². The Morgan fingerprint density at radius 3 is 2.63 bits per heavy atom. The van der Waals surface area contributed by atoms with Gasteiger partial charge in [0, 0.05) is 5.56 Å². The topological polar surface area (TPSA) is 71.7 Å². The zero-order valence-electron chi connectivity index (χ0n) is 13.9. The molecule has 2 aromatic carbocycles. The van der Waals surface area contributed by atoms with Crippen LogP contribution in [0.4, 0.5) is 8.78 Å². The van der Waals surface area contributed by atoms with Gasteiger partial charge in [-0.25, -0.2) is 13.6 Å². The van der Waals surface area contributed by atoms with Crippen molar-refractivity contribution in [3.05, 3.63) is 63.4 Å². The lowest BCUT2D eigenvalue weighted by atomic mass is 10.2. The second kappa shape index (κ2) is 7.58. The van der Waals surface area contributed by atoms with Crippen LogP contribution in [0.1, 0.15) is 29.7 Å². The molecule has 1 heterocycles. The second-order valence-electron chi connectivity index (χ2n) is 5.65.